The molecule has 0 aliphatic rings. The SMILES string of the molecule is COC(C)(C)C.CS(=O)(=O)O. The van der Waals surface area contributed by atoms with Crippen LogP contribution in [-0.4, -0.2) is 31.9 Å². The van der Waals surface area contributed by atoms with E-state index in [1.165, 1.54) is 0 Å². The largest absolute Gasteiger partial charge is 0.379 e. The van der Waals surface area contributed by atoms with Gasteiger partial charge in [0.1, 0.15) is 0 Å². The lowest BCUT2D eigenvalue weighted by Crippen LogP contribution is -2.15. The van der Waals surface area contributed by atoms with Crippen molar-refractivity contribution in [1.29, 1.82) is 0 Å². The van der Waals surface area contributed by atoms with Crippen LogP contribution >= 0.6 is 0 Å². The first-order chi connectivity index (χ1) is 4.56. The van der Waals surface area contributed by atoms with E-state index in [9.17, 15) is 8.42 Å². The first-order valence-electron chi connectivity index (χ1n) is 3.04. The fourth-order valence-electron chi connectivity index (χ4n) is 0. The summed E-state index contributed by atoms with van der Waals surface area (Å²) in [4.78, 5) is 0. The number of methoxy groups -OCH3 is 1. The highest BCUT2D eigenvalue weighted by Gasteiger charge is 2.03. The molecular weight excluding hydrogens is 168 g/mol. The van der Waals surface area contributed by atoms with Crippen LogP contribution in [0.4, 0.5) is 0 Å². The molecule has 5 heteroatoms. The number of hydrogen-bond donors (Lipinski definition) is 1. The maximum Gasteiger partial charge on any atom is 0.261 e. The summed E-state index contributed by atoms with van der Waals surface area (Å²) in [6, 6.07) is 0. The minimum absolute atomic E-state index is 0.0417. The van der Waals surface area contributed by atoms with Crippen molar-refractivity contribution in [3.63, 3.8) is 0 Å². The summed E-state index contributed by atoms with van der Waals surface area (Å²) in [6.07, 6.45) is 0.715. The van der Waals surface area contributed by atoms with E-state index < -0.39 is 10.1 Å². The van der Waals surface area contributed by atoms with Crippen LogP contribution in [0.5, 0.6) is 0 Å². The zero-order valence-electron chi connectivity index (χ0n) is 7.58. The molecule has 4 nitrogen and oxygen atoms in total. The molecule has 0 radical (unpaired) electrons. The Labute approximate surface area is 68.3 Å². The van der Waals surface area contributed by atoms with Crippen molar-refractivity contribution >= 4 is 10.1 Å². The van der Waals surface area contributed by atoms with Gasteiger partial charge in [0, 0.05) is 7.11 Å². The third-order valence-electron chi connectivity index (χ3n) is 0.612. The van der Waals surface area contributed by atoms with Gasteiger partial charge in [-0.2, -0.15) is 8.42 Å². The molecular formula is C6H16O4S. The van der Waals surface area contributed by atoms with Gasteiger partial charge in [-0.1, -0.05) is 0 Å². The minimum Gasteiger partial charge on any atom is -0.379 e. The van der Waals surface area contributed by atoms with Crippen LogP contribution in [0.1, 0.15) is 20.8 Å². The van der Waals surface area contributed by atoms with Crippen molar-refractivity contribution in [3.8, 4) is 0 Å². The minimum atomic E-state index is -3.67. The maximum absolute atomic E-state index is 9.19. The van der Waals surface area contributed by atoms with Crippen molar-refractivity contribution < 1.29 is 17.7 Å². The molecule has 0 atom stereocenters. The van der Waals surface area contributed by atoms with E-state index in [0.717, 1.165) is 0 Å². The Bertz CT molecular complexity index is 167. The smallest absolute Gasteiger partial charge is 0.261 e. The molecule has 0 aliphatic heterocycles. The van der Waals surface area contributed by atoms with E-state index in [-0.39, 0.29) is 5.60 Å². The van der Waals surface area contributed by atoms with Gasteiger partial charge < -0.3 is 4.74 Å². The Morgan fingerprint density at radius 3 is 1.36 bits per heavy atom. The highest BCUT2D eigenvalue weighted by Crippen LogP contribution is 2.02. The standard InChI is InChI=1S/C5H12O.CH4O3S/c1-5(2,3)6-4;1-5(2,3)4/h1-4H3;1H3,(H,2,3,4). The summed E-state index contributed by atoms with van der Waals surface area (Å²) < 4.78 is 30.8. The molecule has 0 fully saturated rings. The fraction of sp³-hybridized carbons (Fsp3) is 1.00. The Balaban J connectivity index is 0. The lowest BCUT2D eigenvalue weighted by Gasteiger charge is -2.14. The van der Waals surface area contributed by atoms with E-state index >= 15 is 0 Å². The summed E-state index contributed by atoms with van der Waals surface area (Å²) in [5, 5.41) is 0. The van der Waals surface area contributed by atoms with Gasteiger partial charge in [-0.25, -0.2) is 0 Å². The summed E-state index contributed by atoms with van der Waals surface area (Å²) in [7, 11) is -1.96. The van der Waals surface area contributed by atoms with Crippen LogP contribution in [0.15, 0.2) is 0 Å². The van der Waals surface area contributed by atoms with Crippen LogP contribution in [0.3, 0.4) is 0 Å². The summed E-state index contributed by atoms with van der Waals surface area (Å²) in [6.45, 7) is 6.06. The van der Waals surface area contributed by atoms with E-state index in [0.29, 0.717) is 6.26 Å². The average molecular weight is 184 g/mol. The van der Waals surface area contributed by atoms with Crippen LogP contribution in [0, 0.1) is 0 Å². The van der Waals surface area contributed by atoms with Crippen molar-refractivity contribution in [1.82, 2.24) is 0 Å². The van der Waals surface area contributed by atoms with Crippen molar-refractivity contribution in [2.24, 2.45) is 0 Å². The fourth-order valence-corrected chi connectivity index (χ4v) is 0. The second-order valence-electron chi connectivity index (χ2n) is 3.05. The van der Waals surface area contributed by atoms with Gasteiger partial charge in [-0.05, 0) is 20.8 Å². The van der Waals surface area contributed by atoms with E-state index in [2.05, 4.69) is 0 Å². The molecule has 11 heavy (non-hydrogen) atoms. The van der Waals surface area contributed by atoms with Crippen LogP contribution in [-0.2, 0) is 14.9 Å². The summed E-state index contributed by atoms with van der Waals surface area (Å²) in [5.74, 6) is 0. The second kappa shape index (κ2) is 4.69. The summed E-state index contributed by atoms with van der Waals surface area (Å²) in [5.41, 5.74) is 0.0417. The molecule has 0 amide bonds. The third kappa shape index (κ3) is 74.2. The zero-order valence-corrected chi connectivity index (χ0v) is 8.40. The predicted molar refractivity (Wildman–Crippen MR) is 44.2 cm³/mol. The molecule has 0 saturated carbocycles. The van der Waals surface area contributed by atoms with Gasteiger partial charge >= 0.3 is 0 Å². The molecule has 0 unspecified atom stereocenters. The normalized spacial score (nSPS) is 11.8. The van der Waals surface area contributed by atoms with Crippen LogP contribution in [0.25, 0.3) is 0 Å². The topological polar surface area (TPSA) is 63.6 Å². The van der Waals surface area contributed by atoms with Crippen molar-refractivity contribution in [2.45, 2.75) is 26.4 Å². The Morgan fingerprint density at radius 2 is 1.36 bits per heavy atom. The molecule has 0 aromatic heterocycles. The molecule has 0 bridgehead atoms. The number of rotatable bonds is 0. The molecule has 1 N–H and O–H groups in total. The number of ether oxygens (including phenoxy) is 1. The van der Waals surface area contributed by atoms with Gasteiger partial charge in [-0.3, -0.25) is 4.55 Å². The van der Waals surface area contributed by atoms with Crippen molar-refractivity contribution in [3.05, 3.63) is 0 Å². The molecule has 0 spiro atoms. The molecule has 0 aromatic rings. The molecule has 0 saturated heterocycles. The number of hydrogen-bond acceptors (Lipinski definition) is 3. The van der Waals surface area contributed by atoms with Gasteiger partial charge in [0.05, 0.1) is 11.9 Å². The predicted octanol–water partition coefficient (Wildman–Crippen LogP) is 0.935. The van der Waals surface area contributed by atoms with Gasteiger partial charge in [-0.15, -0.1) is 0 Å². The third-order valence-corrected chi connectivity index (χ3v) is 0.612. The lowest BCUT2D eigenvalue weighted by atomic mass is 10.2. The van der Waals surface area contributed by atoms with Crippen molar-refractivity contribution in [2.75, 3.05) is 13.4 Å². The van der Waals surface area contributed by atoms with Crippen LogP contribution < -0.4 is 0 Å². The molecule has 70 valence electrons. The Morgan fingerprint density at radius 1 is 1.27 bits per heavy atom. The molecule has 0 aliphatic carbocycles. The zero-order chi connectivity index (χ0) is 9.71. The van der Waals surface area contributed by atoms with Gasteiger partial charge in [0.15, 0.2) is 0 Å². The van der Waals surface area contributed by atoms with E-state index in [1.54, 1.807) is 7.11 Å². The maximum atomic E-state index is 9.19. The monoisotopic (exact) mass is 184 g/mol. The average Bonchev–Trinajstić information content (AvgIpc) is 1.59. The molecule has 0 rings (SSSR count). The second-order valence-corrected chi connectivity index (χ2v) is 4.52. The molecule has 0 aromatic carbocycles. The van der Waals surface area contributed by atoms with Gasteiger partial charge in [0.25, 0.3) is 10.1 Å². The summed E-state index contributed by atoms with van der Waals surface area (Å²) >= 11 is 0. The Hall–Kier alpha value is -0.130. The highest BCUT2D eigenvalue weighted by molar-refractivity contribution is 7.85. The highest BCUT2D eigenvalue weighted by atomic mass is 32.2. The first-order valence-corrected chi connectivity index (χ1v) is 4.88. The lowest BCUT2D eigenvalue weighted by molar-refractivity contribution is 0.0397. The quantitative estimate of drug-likeness (QED) is 0.569. The van der Waals surface area contributed by atoms with E-state index in [1.807, 2.05) is 20.8 Å². The first kappa shape index (κ1) is 13.5. The van der Waals surface area contributed by atoms with Gasteiger partial charge in [0.2, 0.25) is 0 Å². The van der Waals surface area contributed by atoms with Crippen LogP contribution in [0.2, 0.25) is 0 Å². The Kier molecular flexibility index (Phi) is 5.74. The van der Waals surface area contributed by atoms with E-state index in [4.69, 9.17) is 9.29 Å². The molecule has 0 heterocycles.